The Morgan fingerprint density at radius 1 is 0.938 bits per heavy atom. The molecule has 8 heteroatoms. The molecule has 0 saturated carbocycles. The number of benzene rings is 2. The molecular formula is C24H25NO6S. The lowest BCUT2D eigenvalue weighted by atomic mass is 10.0. The first-order valence-corrected chi connectivity index (χ1v) is 11.0. The minimum absolute atomic E-state index is 0.217. The molecule has 1 amide bonds. The maximum Gasteiger partial charge on any atom is 0.341 e. The molecule has 168 valence electrons. The Morgan fingerprint density at radius 3 is 2.38 bits per heavy atom. The quantitative estimate of drug-likeness (QED) is 0.433. The van der Waals surface area contributed by atoms with Gasteiger partial charge in [-0.2, -0.15) is 0 Å². The van der Waals surface area contributed by atoms with Crippen LogP contribution >= 0.6 is 11.3 Å². The molecule has 0 spiro atoms. The molecule has 0 unspecified atom stereocenters. The highest BCUT2D eigenvalue weighted by molar-refractivity contribution is 7.15. The van der Waals surface area contributed by atoms with Crippen LogP contribution in [0.2, 0.25) is 0 Å². The van der Waals surface area contributed by atoms with E-state index >= 15 is 0 Å². The van der Waals surface area contributed by atoms with Crippen LogP contribution < -0.4 is 19.5 Å². The minimum Gasteiger partial charge on any atom is -0.497 e. The normalized spacial score (nSPS) is 10.3. The van der Waals surface area contributed by atoms with Crippen molar-refractivity contribution in [1.82, 2.24) is 0 Å². The van der Waals surface area contributed by atoms with E-state index in [0.717, 1.165) is 11.3 Å². The van der Waals surface area contributed by atoms with Crippen LogP contribution in [-0.4, -0.2) is 38.8 Å². The second-order valence-corrected chi connectivity index (χ2v) is 7.43. The number of carbonyl (C=O) groups is 2. The summed E-state index contributed by atoms with van der Waals surface area (Å²) in [6.45, 7) is 4.23. The van der Waals surface area contributed by atoms with E-state index in [0.29, 0.717) is 34.2 Å². The van der Waals surface area contributed by atoms with Crippen LogP contribution in [0.25, 0.3) is 11.1 Å². The van der Waals surface area contributed by atoms with Gasteiger partial charge in [0.1, 0.15) is 27.8 Å². The second kappa shape index (κ2) is 11.2. The van der Waals surface area contributed by atoms with Crippen LogP contribution in [-0.2, 0) is 9.53 Å². The molecule has 0 aliphatic rings. The summed E-state index contributed by atoms with van der Waals surface area (Å²) in [7, 11) is 1.56. The van der Waals surface area contributed by atoms with E-state index in [-0.39, 0.29) is 13.2 Å². The molecule has 0 atom stereocenters. The summed E-state index contributed by atoms with van der Waals surface area (Å²) in [5.74, 6) is 0.990. The molecule has 3 aromatic rings. The van der Waals surface area contributed by atoms with Crippen LogP contribution in [0.1, 0.15) is 24.2 Å². The lowest BCUT2D eigenvalue weighted by Crippen LogP contribution is -2.21. The van der Waals surface area contributed by atoms with Crippen LogP contribution in [0.5, 0.6) is 17.2 Å². The molecule has 0 aliphatic heterocycles. The van der Waals surface area contributed by atoms with E-state index in [4.69, 9.17) is 18.9 Å². The molecule has 1 aromatic heterocycles. The van der Waals surface area contributed by atoms with Gasteiger partial charge in [0.15, 0.2) is 6.61 Å². The van der Waals surface area contributed by atoms with Crippen LogP contribution in [0.3, 0.4) is 0 Å². The number of carbonyl (C=O) groups excluding carboxylic acids is 2. The Hall–Kier alpha value is -3.52. The third-order valence-corrected chi connectivity index (χ3v) is 5.31. The molecular weight excluding hydrogens is 430 g/mol. The SMILES string of the molecule is CCOC(=O)c1c(-c2ccc(OCC)cc2)csc1NC(=O)COc1cccc(OC)c1. The molecule has 0 bridgehead atoms. The van der Waals surface area contributed by atoms with Crippen molar-refractivity contribution in [2.45, 2.75) is 13.8 Å². The smallest absolute Gasteiger partial charge is 0.341 e. The minimum atomic E-state index is -0.498. The number of ether oxygens (including phenoxy) is 4. The fraction of sp³-hybridized carbons (Fsp3) is 0.250. The fourth-order valence-electron chi connectivity index (χ4n) is 2.97. The van der Waals surface area contributed by atoms with Gasteiger partial charge in [0.2, 0.25) is 0 Å². The number of amides is 1. The van der Waals surface area contributed by atoms with Gasteiger partial charge in [-0.25, -0.2) is 4.79 Å². The Morgan fingerprint density at radius 2 is 1.69 bits per heavy atom. The molecule has 3 rings (SSSR count). The van der Waals surface area contributed by atoms with Crippen LogP contribution in [0, 0.1) is 0 Å². The van der Waals surface area contributed by atoms with Gasteiger partial charge in [-0.1, -0.05) is 18.2 Å². The van der Waals surface area contributed by atoms with Crippen molar-refractivity contribution in [3.05, 3.63) is 59.5 Å². The molecule has 1 heterocycles. The number of hydrogen-bond donors (Lipinski definition) is 1. The zero-order valence-corrected chi connectivity index (χ0v) is 19.0. The van der Waals surface area contributed by atoms with Gasteiger partial charge in [-0.15, -0.1) is 11.3 Å². The molecule has 0 fully saturated rings. The summed E-state index contributed by atoms with van der Waals surface area (Å²) >= 11 is 1.26. The van der Waals surface area contributed by atoms with Gasteiger partial charge < -0.3 is 24.3 Å². The zero-order valence-electron chi connectivity index (χ0n) is 18.2. The molecule has 0 radical (unpaired) electrons. The number of anilines is 1. The van der Waals surface area contributed by atoms with E-state index < -0.39 is 11.9 Å². The van der Waals surface area contributed by atoms with Crippen molar-refractivity contribution in [3.63, 3.8) is 0 Å². The maximum atomic E-state index is 12.7. The Balaban J connectivity index is 1.78. The van der Waals surface area contributed by atoms with Crippen molar-refractivity contribution in [1.29, 1.82) is 0 Å². The Bertz CT molecular complexity index is 1060. The zero-order chi connectivity index (χ0) is 22.9. The van der Waals surface area contributed by atoms with Crippen molar-refractivity contribution >= 4 is 28.2 Å². The van der Waals surface area contributed by atoms with E-state index in [1.807, 2.05) is 36.6 Å². The van der Waals surface area contributed by atoms with E-state index in [9.17, 15) is 9.59 Å². The van der Waals surface area contributed by atoms with Crippen LogP contribution in [0.15, 0.2) is 53.9 Å². The highest BCUT2D eigenvalue weighted by atomic mass is 32.1. The standard InChI is InChI=1S/C24H25NO6S/c1-4-29-17-11-9-16(10-12-17)20-15-32-23(22(20)24(27)30-5-2)25-21(26)14-31-19-8-6-7-18(13-19)28-3/h6-13,15H,4-5,14H2,1-3H3,(H,25,26). The molecule has 32 heavy (non-hydrogen) atoms. The van der Waals surface area contributed by atoms with Gasteiger partial charge in [0.25, 0.3) is 5.91 Å². The molecule has 2 aromatic carbocycles. The van der Waals surface area contributed by atoms with Gasteiger partial charge >= 0.3 is 5.97 Å². The number of nitrogens with one attached hydrogen (secondary N) is 1. The number of rotatable bonds is 10. The Labute approximate surface area is 190 Å². The summed E-state index contributed by atoms with van der Waals surface area (Å²) < 4.78 is 21.4. The lowest BCUT2D eigenvalue weighted by Gasteiger charge is -2.10. The second-order valence-electron chi connectivity index (χ2n) is 6.55. The van der Waals surface area contributed by atoms with Crippen LogP contribution in [0.4, 0.5) is 5.00 Å². The van der Waals surface area contributed by atoms with Crippen molar-refractivity contribution in [2.24, 2.45) is 0 Å². The summed E-state index contributed by atoms with van der Waals surface area (Å²) in [6.07, 6.45) is 0. The molecule has 0 aliphatic carbocycles. The molecule has 1 N–H and O–H groups in total. The highest BCUT2D eigenvalue weighted by Gasteiger charge is 2.23. The van der Waals surface area contributed by atoms with Crippen molar-refractivity contribution < 1.29 is 28.5 Å². The molecule has 0 saturated heterocycles. The van der Waals surface area contributed by atoms with Gasteiger partial charge in [-0.05, 0) is 43.7 Å². The lowest BCUT2D eigenvalue weighted by molar-refractivity contribution is -0.118. The predicted octanol–water partition coefficient (Wildman–Crippen LogP) is 5.02. The van der Waals surface area contributed by atoms with Crippen molar-refractivity contribution in [2.75, 3.05) is 32.2 Å². The number of thiophene rings is 1. The van der Waals surface area contributed by atoms with E-state index in [2.05, 4.69) is 5.32 Å². The average molecular weight is 456 g/mol. The van der Waals surface area contributed by atoms with E-state index in [1.54, 1.807) is 38.3 Å². The maximum absolute atomic E-state index is 12.7. The summed E-state index contributed by atoms with van der Waals surface area (Å²) in [6, 6.07) is 14.4. The monoisotopic (exact) mass is 455 g/mol. The number of esters is 1. The summed E-state index contributed by atoms with van der Waals surface area (Å²) in [5, 5.41) is 5.00. The summed E-state index contributed by atoms with van der Waals surface area (Å²) in [4.78, 5) is 25.2. The molecule has 7 nitrogen and oxygen atoms in total. The van der Waals surface area contributed by atoms with E-state index in [1.165, 1.54) is 11.3 Å². The first kappa shape index (κ1) is 23.1. The van der Waals surface area contributed by atoms with Gasteiger partial charge in [0.05, 0.1) is 20.3 Å². The van der Waals surface area contributed by atoms with Gasteiger partial charge in [0, 0.05) is 17.0 Å². The third kappa shape index (κ3) is 5.79. The first-order chi connectivity index (χ1) is 15.5. The fourth-order valence-corrected chi connectivity index (χ4v) is 3.94. The highest BCUT2D eigenvalue weighted by Crippen LogP contribution is 2.37. The van der Waals surface area contributed by atoms with Crippen molar-refractivity contribution in [3.8, 4) is 28.4 Å². The topological polar surface area (TPSA) is 83.1 Å². The van der Waals surface area contributed by atoms with Gasteiger partial charge in [-0.3, -0.25) is 4.79 Å². The predicted molar refractivity (Wildman–Crippen MR) is 124 cm³/mol. The first-order valence-electron chi connectivity index (χ1n) is 10.1. The average Bonchev–Trinajstić information content (AvgIpc) is 3.22. The number of hydrogen-bond acceptors (Lipinski definition) is 7. The third-order valence-electron chi connectivity index (χ3n) is 4.41. The Kier molecular flexibility index (Phi) is 8.10. The summed E-state index contributed by atoms with van der Waals surface area (Å²) in [5.41, 5.74) is 1.82. The number of methoxy groups -OCH3 is 1. The largest absolute Gasteiger partial charge is 0.497 e.